The maximum atomic E-state index is 14.9. The van der Waals surface area contributed by atoms with E-state index in [4.69, 9.17) is 0 Å². The highest BCUT2D eigenvalue weighted by Crippen LogP contribution is 2.46. The number of imidazole rings is 1. The second-order valence-corrected chi connectivity index (χ2v) is 8.71. The second-order valence-electron chi connectivity index (χ2n) is 8.71. The summed E-state index contributed by atoms with van der Waals surface area (Å²) in [5.74, 6) is -0.358. The van der Waals surface area contributed by atoms with E-state index in [0.29, 0.717) is 27.7 Å². The second kappa shape index (κ2) is 5.82. The number of hydrogen-bond donors (Lipinski definition) is 1. The van der Waals surface area contributed by atoms with Gasteiger partial charge in [-0.15, -0.1) is 5.10 Å². The van der Waals surface area contributed by atoms with Crippen molar-refractivity contribution in [3.8, 4) is 11.3 Å². The molecule has 148 valence electrons. The standard InChI is InChI=1S/C21H22FN7/c1-12-5-17(25-28-9-13(2)24-20(12)28)14-6-16(22)19-18(7-14)26-29(27-19)15-3-4-21(8-15)10-23-11-21/h5-7,9,15,23H,3-4,8,10-11H2,1-2H3/t15-/m1/s1. The summed E-state index contributed by atoms with van der Waals surface area (Å²) in [6.07, 6.45) is 5.17. The Bertz CT molecular complexity index is 1270. The van der Waals surface area contributed by atoms with E-state index in [2.05, 4.69) is 25.6 Å². The van der Waals surface area contributed by atoms with Crippen LogP contribution in [0.15, 0.2) is 24.4 Å². The molecule has 2 aliphatic rings. The molecule has 1 aromatic carbocycles. The maximum Gasteiger partial charge on any atom is 0.156 e. The normalized spacial score (nSPS) is 20.7. The highest BCUT2D eigenvalue weighted by molar-refractivity contribution is 5.81. The van der Waals surface area contributed by atoms with Gasteiger partial charge in [0.15, 0.2) is 11.5 Å². The molecular weight excluding hydrogens is 369 g/mol. The van der Waals surface area contributed by atoms with Crippen molar-refractivity contribution in [2.75, 3.05) is 13.1 Å². The van der Waals surface area contributed by atoms with Gasteiger partial charge in [-0.05, 0) is 62.3 Å². The molecule has 1 N–H and O–H groups in total. The number of benzene rings is 1. The summed E-state index contributed by atoms with van der Waals surface area (Å²) in [6.45, 7) is 6.07. The van der Waals surface area contributed by atoms with Gasteiger partial charge in [-0.3, -0.25) is 0 Å². The van der Waals surface area contributed by atoms with Crippen molar-refractivity contribution < 1.29 is 4.39 Å². The summed E-state index contributed by atoms with van der Waals surface area (Å²) >= 11 is 0. The number of aromatic nitrogens is 6. The molecule has 0 unspecified atom stereocenters. The molecule has 8 heteroatoms. The predicted molar refractivity (Wildman–Crippen MR) is 107 cm³/mol. The van der Waals surface area contributed by atoms with E-state index in [1.54, 1.807) is 9.31 Å². The minimum Gasteiger partial charge on any atom is -0.316 e. The number of nitrogens with zero attached hydrogens (tertiary/aromatic N) is 6. The minimum atomic E-state index is -0.358. The highest BCUT2D eigenvalue weighted by Gasteiger charge is 2.44. The Morgan fingerprint density at radius 3 is 2.76 bits per heavy atom. The Morgan fingerprint density at radius 2 is 2.00 bits per heavy atom. The van der Waals surface area contributed by atoms with E-state index >= 15 is 0 Å². The summed E-state index contributed by atoms with van der Waals surface area (Å²) in [7, 11) is 0. The number of rotatable bonds is 2. The molecule has 1 aliphatic carbocycles. The van der Waals surface area contributed by atoms with E-state index in [9.17, 15) is 4.39 Å². The lowest BCUT2D eigenvalue weighted by Crippen LogP contribution is -2.51. The summed E-state index contributed by atoms with van der Waals surface area (Å²) in [4.78, 5) is 6.22. The molecule has 0 amide bonds. The highest BCUT2D eigenvalue weighted by atomic mass is 19.1. The van der Waals surface area contributed by atoms with Crippen molar-refractivity contribution in [1.82, 2.24) is 34.9 Å². The van der Waals surface area contributed by atoms with Crippen LogP contribution in [0, 0.1) is 25.1 Å². The molecule has 3 aromatic heterocycles. The molecule has 4 heterocycles. The zero-order valence-corrected chi connectivity index (χ0v) is 16.5. The fraction of sp³-hybridized carbons (Fsp3) is 0.429. The lowest BCUT2D eigenvalue weighted by molar-refractivity contribution is 0.167. The number of halogens is 1. The van der Waals surface area contributed by atoms with Crippen LogP contribution < -0.4 is 5.32 Å². The third-order valence-corrected chi connectivity index (χ3v) is 6.48. The van der Waals surface area contributed by atoms with Crippen LogP contribution in [0.2, 0.25) is 0 Å². The van der Waals surface area contributed by atoms with Crippen LogP contribution in [-0.4, -0.2) is 42.7 Å². The fourth-order valence-corrected chi connectivity index (χ4v) is 4.87. The minimum absolute atomic E-state index is 0.248. The molecular formula is C21H22FN7. The molecule has 2 fully saturated rings. The van der Waals surface area contributed by atoms with E-state index < -0.39 is 0 Å². The van der Waals surface area contributed by atoms with Crippen molar-refractivity contribution >= 4 is 16.7 Å². The van der Waals surface area contributed by atoms with Gasteiger partial charge < -0.3 is 5.32 Å². The van der Waals surface area contributed by atoms with Crippen molar-refractivity contribution in [2.24, 2.45) is 5.41 Å². The van der Waals surface area contributed by atoms with Crippen LogP contribution >= 0.6 is 0 Å². The van der Waals surface area contributed by atoms with Gasteiger partial charge in [0.2, 0.25) is 0 Å². The molecule has 1 atom stereocenters. The zero-order valence-electron chi connectivity index (χ0n) is 16.5. The first kappa shape index (κ1) is 17.0. The summed E-state index contributed by atoms with van der Waals surface area (Å²) in [5, 5.41) is 17.1. The van der Waals surface area contributed by atoms with E-state index in [-0.39, 0.29) is 11.9 Å². The lowest BCUT2D eigenvalue weighted by Gasteiger charge is -2.39. The van der Waals surface area contributed by atoms with Gasteiger partial charge in [-0.25, -0.2) is 13.9 Å². The van der Waals surface area contributed by atoms with E-state index in [0.717, 1.165) is 42.8 Å². The Balaban J connectivity index is 1.41. The SMILES string of the molecule is Cc1cn2nc(-c3cc(F)c4nn([C@@H]5CCC6(CNC6)C5)nc4c3)cc(C)c2n1. The topological polar surface area (TPSA) is 72.9 Å². The predicted octanol–water partition coefficient (Wildman–Crippen LogP) is 3.21. The third-order valence-electron chi connectivity index (χ3n) is 6.48. The van der Waals surface area contributed by atoms with Crippen molar-refractivity contribution in [1.29, 1.82) is 0 Å². The third kappa shape index (κ3) is 2.58. The number of fused-ring (bicyclic) bond motifs is 2. The summed E-state index contributed by atoms with van der Waals surface area (Å²) < 4.78 is 16.7. The van der Waals surface area contributed by atoms with Crippen LogP contribution in [0.5, 0.6) is 0 Å². The van der Waals surface area contributed by atoms with Gasteiger partial charge in [0.25, 0.3) is 0 Å². The van der Waals surface area contributed by atoms with Gasteiger partial charge in [-0.2, -0.15) is 15.0 Å². The average molecular weight is 391 g/mol. The molecule has 0 bridgehead atoms. The van der Waals surface area contributed by atoms with E-state index in [1.165, 1.54) is 12.5 Å². The van der Waals surface area contributed by atoms with Crippen molar-refractivity contribution in [2.45, 2.75) is 39.2 Å². The Hall–Kier alpha value is -2.87. The van der Waals surface area contributed by atoms with Gasteiger partial charge in [0.1, 0.15) is 11.0 Å². The first-order valence-corrected chi connectivity index (χ1v) is 10.1. The summed E-state index contributed by atoms with van der Waals surface area (Å²) in [6, 6.07) is 5.58. The Labute approximate surface area is 166 Å². The Morgan fingerprint density at radius 1 is 1.14 bits per heavy atom. The Kier molecular flexibility index (Phi) is 3.42. The molecule has 6 rings (SSSR count). The smallest absolute Gasteiger partial charge is 0.156 e. The molecule has 1 saturated heterocycles. The molecule has 7 nitrogen and oxygen atoms in total. The lowest BCUT2D eigenvalue weighted by atomic mass is 9.80. The van der Waals surface area contributed by atoms with Crippen LogP contribution in [-0.2, 0) is 0 Å². The number of hydrogen-bond acceptors (Lipinski definition) is 5. The van der Waals surface area contributed by atoms with Crippen LogP contribution in [0.25, 0.3) is 27.9 Å². The fourth-order valence-electron chi connectivity index (χ4n) is 4.87. The van der Waals surface area contributed by atoms with Gasteiger partial charge in [0.05, 0.1) is 23.6 Å². The number of aryl methyl sites for hydroxylation is 2. The molecule has 0 radical (unpaired) electrons. The largest absolute Gasteiger partial charge is 0.316 e. The molecule has 29 heavy (non-hydrogen) atoms. The van der Waals surface area contributed by atoms with Gasteiger partial charge >= 0.3 is 0 Å². The average Bonchev–Trinajstić information content (AvgIpc) is 3.36. The quantitative estimate of drug-likeness (QED) is 0.568. The van der Waals surface area contributed by atoms with Crippen molar-refractivity contribution in [3.63, 3.8) is 0 Å². The monoisotopic (exact) mass is 391 g/mol. The first-order chi connectivity index (χ1) is 14.0. The number of nitrogens with one attached hydrogen (secondary N) is 1. The molecule has 1 aliphatic heterocycles. The molecule has 1 spiro atoms. The molecule has 4 aromatic rings. The van der Waals surface area contributed by atoms with E-state index in [1.807, 2.05) is 32.2 Å². The summed E-state index contributed by atoms with van der Waals surface area (Å²) in [5.41, 5.74) is 5.42. The van der Waals surface area contributed by atoms with Crippen LogP contribution in [0.3, 0.4) is 0 Å². The van der Waals surface area contributed by atoms with Crippen LogP contribution in [0.4, 0.5) is 4.39 Å². The maximum absolute atomic E-state index is 14.9. The van der Waals surface area contributed by atoms with Gasteiger partial charge in [0, 0.05) is 18.7 Å². The van der Waals surface area contributed by atoms with Crippen molar-refractivity contribution in [3.05, 3.63) is 41.5 Å². The first-order valence-electron chi connectivity index (χ1n) is 10.1. The molecule has 1 saturated carbocycles. The van der Waals surface area contributed by atoms with Gasteiger partial charge in [-0.1, -0.05) is 0 Å². The zero-order chi connectivity index (χ0) is 19.8. The van der Waals surface area contributed by atoms with Crippen LogP contribution in [0.1, 0.15) is 36.6 Å².